The average Bonchev–Trinajstić information content (AvgIpc) is 3.28. The Morgan fingerprint density at radius 3 is 2.74 bits per heavy atom. The molecule has 0 aromatic heterocycles. The SMILES string of the molecule is CCCCC[C@H](O)/C=C/[C@@H]1[C@H]2CC(CCCCCNCc3ccccc3)=C[C@H]2C[C@H]1O. The fourth-order valence-corrected chi connectivity index (χ4v) is 5.35. The molecule has 31 heavy (non-hydrogen) atoms. The highest BCUT2D eigenvalue weighted by atomic mass is 16.3. The van der Waals surface area contributed by atoms with Crippen molar-refractivity contribution in [2.75, 3.05) is 6.54 Å². The fourth-order valence-electron chi connectivity index (χ4n) is 5.35. The van der Waals surface area contributed by atoms with Crippen molar-refractivity contribution in [2.24, 2.45) is 17.8 Å². The van der Waals surface area contributed by atoms with Crippen LogP contribution < -0.4 is 5.32 Å². The highest BCUT2D eigenvalue weighted by molar-refractivity contribution is 5.21. The largest absolute Gasteiger partial charge is 0.392 e. The van der Waals surface area contributed by atoms with Crippen molar-refractivity contribution < 1.29 is 10.2 Å². The quantitative estimate of drug-likeness (QED) is 0.262. The van der Waals surface area contributed by atoms with Crippen LogP contribution >= 0.6 is 0 Å². The molecule has 5 atom stereocenters. The van der Waals surface area contributed by atoms with Gasteiger partial charge >= 0.3 is 0 Å². The van der Waals surface area contributed by atoms with E-state index < -0.39 is 0 Å². The van der Waals surface area contributed by atoms with Crippen LogP contribution in [-0.4, -0.2) is 29.0 Å². The maximum Gasteiger partial charge on any atom is 0.0721 e. The average molecular weight is 426 g/mol. The van der Waals surface area contributed by atoms with Crippen molar-refractivity contribution in [3.8, 4) is 0 Å². The summed E-state index contributed by atoms with van der Waals surface area (Å²) in [7, 11) is 0. The Morgan fingerprint density at radius 2 is 1.94 bits per heavy atom. The van der Waals surface area contributed by atoms with Crippen LogP contribution in [0.4, 0.5) is 0 Å². The van der Waals surface area contributed by atoms with E-state index in [2.05, 4.69) is 54.7 Å². The number of aliphatic hydroxyl groups is 2. The lowest BCUT2D eigenvalue weighted by Crippen LogP contribution is -2.18. The number of benzene rings is 1. The van der Waals surface area contributed by atoms with Crippen LogP contribution in [0.3, 0.4) is 0 Å². The van der Waals surface area contributed by atoms with Gasteiger partial charge in [0.2, 0.25) is 0 Å². The minimum Gasteiger partial charge on any atom is -0.392 e. The predicted molar refractivity (Wildman–Crippen MR) is 130 cm³/mol. The van der Waals surface area contributed by atoms with Gasteiger partial charge in [0.25, 0.3) is 0 Å². The van der Waals surface area contributed by atoms with E-state index in [1.165, 1.54) is 44.1 Å². The molecule has 3 heteroatoms. The summed E-state index contributed by atoms with van der Waals surface area (Å²) in [6.07, 6.45) is 17.2. The fraction of sp³-hybridized carbons (Fsp3) is 0.643. The Hall–Kier alpha value is -1.42. The summed E-state index contributed by atoms with van der Waals surface area (Å²) in [6.45, 7) is 4.23. The van der Waals surface area contributed by atoms with Gasteiger partial charge in [0.15, 0.2) is 0 Å². The van der Waals surface area contributed by atoms with Crippen LogP contribution in [0.25, 0.3) is 0 Å². The number of hydrogen-bond acceptors (Lipinski definition) is 3. The molecule has 1 aromatic carbocycles. The van der Waals surface area contributed by atoms with E-state index in [9.17, 15) is 10.2 Å². The van der Waals surface area contributed by atoms with E-state index >= 15 is 0 Å². The van der Waals surface area contributed by atoms with Crippen LogP contribution in [0.15, 0.2) is 54.1 Å². The lowest BCUT2D eigenvalue weighted by atomic mass is 9.88. The summed E-state index contributed by atoms with van der Waals surface area (Å²) in [4.78, 5) is 0. The molecule has 1 fully saturated rings. The van der Waals surface area contributed by atoms with Gasteiger partial charge in [-0.05, 0) is 62.5 Å². The first-order valence-electron chi connectivity index (χ1n) is 12.7. The molecular formula is C28H43NO2. The normalized spacial score (nSPS) is 26.4. The van der Waals surface area contributed by atoms with Gasteiger partial charge in [-0.25, -0.2) is 0 Å². The molecule has 0 aliphatic heterocycles. The monoisotopic (exact) mass is 425 g/mol. The molecule has 0 saturated heterocycles. The van der Waals surface area contributed by atoms with E-state index in [1.54, 1.807) is 5.57 Å². The Morgan fingerprint density at radius 1 is 1.10 bits per heavy atom. The van der Waals surface area contributed by atoms with Crippen LogP contribution in [0.1, 0.15) is 76.7 Å². The zero-order chi connectivity index (χ0) is 21.9. The van der Waals surface area contributed by atoms with Crippen molar-refractivity contribution in [1.29, 1.82) is 0 Å². The Labute approximate surface area is 189 Å². The molecular weight excluding hydrogens is 382 g/mol. The van der Waals surface area contributed by atoms with Gasteiger partial charge in [-0.2, -0.15) is 0 Å². The number of rotatable bonds is 14. The first-order valence-corrected chi connectivity index (χ1v) is 12.7. The van der Waals surface area contributed by atoms with E-state index in [-0.39, 0.29) is 18.1 Å². The van der Waals surface area contributed by atoms with E-state index in [1.807, 2.05) is 6.08 Å². The van der Waals surface area contributed by atoms with Crippen molar-refractivity contribution in [2.45, 2.75) is 89.9 Å². The molecule has 172 valence electrons. The maximum atomic E-state index is 10.5. The number of hydrogen-bond donors (Lipinski definition) is 3. The summed E-state index contributed by atoms with van der Waals surface area (Å²) in [5.41, 5.74) is 2.95. The van der Waals surface area contributed by atoms with Crippen LogP contribution in [0, 0.1) is 17.8 Å². The zero-order valence-electron chi connectivity index (χ0n) is 19.4. The van der Waals surface area contributed by atoms with Gasteiger partial charge in [-0.3, -0.25) is 0 Å². The molecule has 3 nitrogen and oxygen atoms in total. The van der Waals surface area contributed by atoms with Crippen LogP contribution in [0.2, 0.25) is 0 Å². The summed E-state index contributed by atoms with van der Waals surface area (Å²) in [5, 5.41) is 24.3. The number of aliphatic hydroxyl groups excluding tert-OH is 2. The van der Waals surface area contributed by atoms with Crippen LogP contribution in [0.5, 0.6) is 0 Å². The molecule has 3 rings (SSSR count). The molecule has 1 aromatic rings. The highest BCUT2D eigenvalue weighted by Gasteiger charge is 2.43. The van der Waals surface area contributed by atoms with Crippen molar-refractivity contribution in [1.82, 2.24) is 5.32 Å². The van der Waals surface area contributed by atoms with Gasteiger partial charge in [0, 0.05) is 12.5 Å². The molecule has 3 N–H and O–H groups in total. The first kappa shape index (κ1) is 24.2. The summed E-state index contributed by atoms with van der Waals surface area (Å²) < 4.78 is 0. The van der Waals surface area contributed by atoms with Crippen molar-refractivity contribution in [3.05, 3.63) is 59.7 Å². The Bertz CT molecular complexity index is 684. The van der Waals surface area contributed by atoms with E-state index in [4.69, 9.17) is 0 Å². The van der Waals surface area contributed by atoms with Crippen molar-refractivity contribution >= 4 is 0 Å². The lowest BCUT2D eigenvalue weighted by Gasteiger charge is -2.19. The van der Waals surface area contributed by atoms with Gasteiger partial charge in [-0.1, -0.05) is 86.7 Å². The molecule has 0 spiro atoms. The third-order valence-corrected chi connectivity index (χ3v) is 7.13. The number of fused-ring (bicyclic) bond motifs is 1. The smallest absolute Gasteiger partial charge is 0.0721 e. The van der Waals surface area contributed by atoms with Gasteiger partial charge in [-0.15, -0.1) is 0 Å². The number of allylic oxidation sites excluding steroid dienone is 2. The van der Waals surface area contributed by atoms with Gasteiger partial charge < -0.3 is 15.5 Å². The predicted octanol–water partition coefficient (Wildman–Crippen LogP) is 5.78. The number of unbranched alkanes of at least 4 members (excludes halogenated alkanes) is 4. The Balaban J connectivity index is 1.31. The van der Waals surface area contributed by atoms with E-state index in [0.717, 1.165) is 38.8 Å². The summed E-state index contributed by atoms with van der Waals surface area (Å²) >= 11 is 0. The second kappa shape index (κ2) is 13.2. The van der Waals surface area contributed by atoms with E-state index in [0.29, 0.717) is 11.8 Å². The summed E-state index contributed by atoms with van der Waals surface area (Å²) in [5.74, 6) is 1.28. The van der Waals surface area contributed by atoms with Crippen molar-refractivity contribution in [3.63, 3.8) is 0 Å². The summed E-state index contributed by atoms with van der Waals surface area (Å²) in [6, 6.07) is 10.6. The molecule has 0 radical (unpaired) electrons. The standard InChI is InChI=1S/C28H43NO2/c1-2-3-6-14-25(30)15-16-26-27-19-23(18-24(27)20-28(26)31)13-9-5-10-17-29-21-22-11-7-4-8-12-22/h4,7-8,11-12,15-16,18,24-31H,2-3,5-6,9-10,13-14,17,19-21H2,1H3/b16-15+/t24-,25-,26+,27-,28+/m0/s1. The van der Waals surface area contributed by atoms with Gasteiger partial charge in [0.05, 0.1) is 12.2 Å². The lowest BCUT2D eigenvalue weighted by molar-refractivity contribution is 0.139. The molecule has 2 aliphatic rings. The minimum absolute atomic E-state index is 0.210. The third kappa shape index (κ3) is 7.89. The number of nitrogens with one attached hydrogen (secondary N) is 1. The molecule has 0 amide bonds. The first-order chi connectivity index (χ1) is 15.2. The highest BCUT2D eigenvalue weighted by Crippen LogP contribution is 2.48. The Kier molecular flexibility index (Phi) is 10.3. The molecule has 0 bridgehead atoms. The zero-order valence-corrected chi connectivity index (χ0v) is 19.4. The minimum atomic E-state index is -0.359. The molecule has 1 saturated carbocycles. The molecule has 2 aliphatic carbocycles. The second-order valence-electron chi connectivity index (χ2n) is 9.66. The molecule has 0 unspecified atom stereocenters. The third-order valence-electron chi connectivity index (χ3n) is 7.13. The maximum absolute atomic E-state index is 10.5. The second-order valence-corrected chi connectivity index (χ2v) is 9.66. The van der Waals surface area contributed by atoms with Gasteiger partial charge in [0.1, 0.15) is 0 Å². The molecule has 0 heterocycles. The topological polar surface area (TPSA) is 52.5 Å². The van der Waals surface area contributed by atoms with Crippen LogP contribution in [-0.2, 0) is 6.54 Å².